The van der Waals surface area contributed by atoms with Crippen LogP contribution in [0.5, 0.6) is 0 Å². The Bertz CT molecular complexity index is 1250. The van der Waals surface area contributed by atoms with Crippen LogP contribution >= 0.6 is 12.2 Å². The molecule has 1 aliphatic rings. The molecule has 2 N–H and O–H groups in total. The lowest BCUT2D eigenvalue weighted by Crippen LogP contribution is -2.28. The Labute approximate surface area is 189 Å². The molecule has 1 fully saturated rings. The fourth-order valence-corrected chi connectivity index (χ4v) is 4.23. The van der Waals surface area contributed by atoms with E-state index >= 15 is 0 Å². The highest BCUT2D eigenvalue weighted by Crippen LogP contribution is 2.41. The first kappa shape index (κ1) is 20.0. The van der Waals surface area contributed by atoms with Gasteiger partial charge in [0.1, 0.15) is 23.3 Å². The zero-order valence-electron chi connectivity index (χ0n) is 16.8. The molecule has 4 heterocycles. The number of pyridine rings is 1. The minimum atomic E-state index is -0.983. The number of hydrogen-bond donors (Lipinski definition) is 2. The summed E-state index contributed by atoms with van der Waals surface area (Å²) in [7, 11) is 0. The molecule has 2 atom stereocenters. The number of benzene rings is 1. The van der Waals surface area contributed by atoms with Gasteiger partial charge in [0.15, 0.2) is 5.11 Å². The van der Waals surface area contributed by atoms with Crippen LogP contribution in [0.25, 0.3) is 11.3 Å². The van der Waals surface area contributed by atoms with E-state index in [1.54, 1.807) is 30.7 Å². The quantitative estimate of drug-likeness (QED) is 0.409. The third-order valence-corrected chi connectivity index (χ3v) is 5.77. The van der Waals surface area contributed by atoms with Gasteiger partial charge in [-0.2, -0.15) is 0 Å². The van der Waals surface area contributed by atoms with Crippen LogP contribution in [0.1, 0.15) is 39.7 Å². The van der Waals surface area contributed by atoms with E-state index in [-0.39, 0.29) is 17.6 Å². The summed E-state index contributed by atoms with van der Waals surface area (Å²) in [6, 6.07) is 19.4. The molecule has 4 aromatic rings. The molecule has 0 amide bonds. The lowest BCUT2D eigenvalue weighted by atomic mass is 10.0. The van der Waals surface area contributed by atoms with Gasteiger partial charge in [-0.15, -0.1) is 0 Å². The molecule has 3 aromatic heterocycles. The Kier molecular flexibility index (Phi) is 5.20. The highest BCUT2D eigenvalue weighted by Gasteiger charge is 2.42. The van der Waals surface area contributed by atoms with Gasteiger partial charge in [0.05, 0.1) is 30.1 Å². The van der Waals surface area contributed by atoms with Crippen LogP contribution < -0.4 is 5.32 Å². The standard InChI is InChI=1S/C24H19N3O4S/c28-23(29)16-6-3-5-15(13-16)19-9-10-20(31-19)22-21(18-8-1-2-11-25-18)26-24(32)27(22)14-17-7-4-12-30-17/h1-13,21-22H,14H2,(H,26,32)(H,28,29)/t21-,22-/m1/s1. The van der Waals surface area contributed by atoms with Crippen molar-refractivity contribution in [2.45, 2.75) is 18.6 Å². The first-order valence-corrected chi connectivity index (χ1v) is 10.4. The van der Waals surface area contributed by atoms with E-state index < -0.39 is 5.97 Å². The van der Waals surface area contributed by atoms with Gasteiger partial charge in [0, 0.05) is 11.8 Å². The number of furan rings is 2. The molecule has 0 bridgehead atoms. The number of carbonyl (C=O) groups is 1. The summed E-state index contributed by atoms with van der Waals surface area (Å²) < 4.78 is 11.8. The number of aromatic nitrogens is 1. The highest BCUT2D eigenvalue weighted by atomic mass is 32.1. The van der Waals surface area contributed by atoms with Crippen molar-refractivity contribution in [1.29, 1.82) is 0 Å². The first-order chi connectivity index (χ1) is 15.6. The van der Waals surface area contributed by atoms with Crippen molar-refractivity contribution in [2.75, 3.05) is 0 Å². The molecule has 8 heteroatoms. The van der Waals surface area contributed by atoms with Crippen LogP contribution in [0.15, 0.2) is 88.0 Å². The van der Waals surface area contributed by atoms with Gasteiger partial charge >= 0.3 is 5.97 Å². The van der Waals surface area contributed by atoms with E-state index in [4.69, 9.17) is 21.1 Å². The summed E-state index contributed by atoms with van der Waals surface area (Å²) in [5, 5.41) is 13.3. The number of rotatable bonds is 6. The summed E-state index contributed by atoms with van der Waals surface area (Å²) in [6.45, 7) is 0.470. The lowest BCUT2D eigenvalue weighted by molar-refractivity contribution is 0.0697. The van der Waals surface area contributed by atoms with Crippen molar-refractivity contribution in [3.8, 4) is 11.3 Å². The van der Waals surface area contributed by atoms with Gasteiger partial charge in [-0.1, -0.05) is 18.2 Å². The topological polar surface area (TPSA) is 91.7 Å². The average Bonchev–Trinajstić information content (AvgIpc) is 3.56. The molecular formula is C24H19N3O4S. The van der Waals surface area contributed by atoms with Crippen molar-refractivity contribution >= 4 is 23.3 Å². The molecule has 0 radical (unpaired) electrons. The number of aromatic carboxylic acids is 1. The number of carboxylic acids is 1. The van der Waals surface area contributed by atoms with E-state index in [2.05, 4.69) is 10.3 Å². The normalized spacial score (nSPS) is 18.0. The minimum absolute atomic E-state index is 0.204. The van der Waals surface area contributed by atoms with Crippen LogP contribution in [-0.4, -0.2) is 26.1 Å². The molecule has 1 aliphatic heterocycles. The Morgan fingerprint density at radius 3 is 2.78 bits per heavy atom. The second-order valence-corrected chi connectivity index (χ2v) is 7.81. The predicted octanol–water partition coefficient (Wildman–Crippen LogP) is 4.81. The molecule has 0 spiro atoms. The Hall–Kier alpha value is -3.91. The van der Waals surface area contributed by atoms with Gasteiger partial charge in [-0.25, -0.2) is 4.79 Å². The third kappa shape index (κ3) is 3.76. The third-order valence-electron chi connectivity index (χ3n) is 5.42. The van der Waals surface area contributed by atoms with Crippen LogP contribution in [0.2, 0.25) is 0 Å². The Morgan fingerprint density at radius 2 is 2.03 bits per heavy atom. The van der Waals surface area contributed by atoms with Gasteiger partial charge in [-0.3, -0.25) is 4.98 Å². The number of nitrogens with zero attached hydrogens (tertiary/aromatic N) is 2. The van der Waals surface area contributed by atoms with Gasteiger partial charge < -0.3 is 24.2 Å². The van der Waals surface area contributed by atoms with E-state index in [9.17, 15) is 9.90 Å². The van der Waals surface area contributed by atoms with E-state index in [1.807, 2.05) is 53.4 Å². The fourth-order valence-electron chi connectivity index (χ4n) is 3.93. The monoisotopic (exact) mass is 445 g/mol. The molecule has 1 saturated heterocycles. The maximum atomic E-state index is 11.4. The number of hydrogen-bond acceptors (Lipinski definition) is 5. The van der Waals surface area contributed by atoms with Gasteiger partial charge in [-0.05, 0) is 60.7 Å². The summed E-state index contributed by atoms with van der Waals surface area (Å²) >= 11 is 5.65. The summed E-state index contributed by atoms with van der Waals surface area (Å²) in [5.41, 5.74) is 1.74. The molecule has 0 unspecified atom stereocenters. The molecule has 5 rings (SSSR count). The minimum Gasteiger partial charge on any atom is -0.478 e. The van der Waals surface area contributed by atoms with Crippen molar-refractivity contribution in [3.63, 3.8) is 0 Å². The second kappa shape index (κ2) is 8.32. The average molecular weight is 446 g/mol. The molecule has 32 heavy (non-hydrogen) atoms. The number of carboxylic acid groups (broad SMARTS) is 1. The Morgan fingerprint density at radius 1 is 1.12 bits per heavy atom. The molecule has 0 saturated carbocycles. The zero-order chi connectivity index (χ0) is 22.1. The number of nitrogens with one attached hydrogen (secondary N) is 1. The molecule has 1 aromatic carbocycles. The summed E-state index contributed by atoms with van der Waals surface area (Å²) in [4.78, 5) is 17.9. The van der Waals surface area contributed by atoms with Crippen LogP contribution in [0.3, 0.4) is 0 Å². The van der Waals surface area contributed by atoms with E-state index in [1.165, 1.54) is 0 Å². The van der Waals surface area contributed by atoms with Gasteiger partial charge in [0.2, 0.25) is 0 Å². The molecular weight excluding hydrogens is 426 g/mol. The lowest BCUT2D eigenvalue weighted by Gasteiger charge is -2.25. The van der Waals surface area contributed by atoms with Crippen LogP contribution in [-0.2, 0) is 6.54 Å². The van der Waals surface area contributed by atoms with Crippen molar-refractivity contribution in [2.24, 2.45) is 0 Å². The summed E-state index contributed by atoms with van der Waals surface area (Å²) in [5.74, 6) is 1.07. The SMILES string of the molecule is O=C(O)c1cccc(-c2ccc([C@@H]3[C@@H](c4ccccn4)NC(=S)N3Cc3ccco3)o2)c1. The highest BCUT2D eigenvalue weighted by molar-refractivity contribution is 7.80. The second-order valence-electron chi connectivity index (χ2n) is 7.42. The molecule has 7 nitrogen and oxygen atoms in total. The van der Waals surface area contributed by atoms with Crippen LogP contribution in [0.4, 0.5) is 0 Å². The van der Waals surface area contributed by atoms with Crippen molar-refractivity contribution in [1.82, 2.24) is 15.2 Å². The van der Waals surface area contributed by atoms with E-state index in [0.29, 0.717) is 28.7 Å². The zero-order valence-corrected chi connectivity index (χ0v) is 17.7. The van der Waals surface area contributed by atoms with Crippen molar-refractivity contribution < 1.29 is 18.7 Å². The smallest absolute Gasteiger partial charge is 0.335 e. The molecule has 0 aliphatic carbocycles. The van der Waals surface area contributed by atoms with E-state index in [0.717, 1.165) is 11.5 Å². The van der Waals surface area contributed by atoms with Crippen molar-refractivity contribution in [3.05, 3.63) is 102 Å². The first-order valence-electron chi connectivity index (χ1n) is 10.0. The largest absolute Gasteiger partial charge is 0.478 e. The Balaban J connectivity index is 1.53. The number of thiocarbonyl (C=S) groups is 1. The van der Waals surface area contributed by atoms with Crippen LogP contribution in [0, 0.1) is 0 Å². The maximum Gasteiger partial charge on any atom is 0.335 e. The molecule has 160 valence electrons. The maximum absolute atomic E-state index is 11.4. The fraction of sp³-hybridized carbons (Fsp3) is 0.125. The summed E-state index contributed by atoms with van der Waals surface area (Å²) in [6.07, 6.45) is 3.38. The predicted molar refractivity (Wildman–Crippen MR) is 121 cm³/mol. The van der Waals surface area contributed by atoms with Gasteiger partial charge in [0.25, 0.3) is 0 Å².